The fourth-order valence-electron chi connectivity index (χ4n) is 2.97. The van der Waals surface area contributed by atoms with Gasteiger partial charge in [-0.25, -0.2) is 4.98 Å². The molecule has 28 heavy (non-hydrogen) atoms. The number of amides is 1. The van der Waals surface area contributed by atoms with Gasteiger partial charge in [0.1, 0.15) is 0 Å². The van der Waals surface area contributed by atoms with Crippen molar-refractivity contribution in [2.24, 2.45) is 7.05 Å². The van der Waals surface area contributed by atoms with E-state index in [1.54, 1.807) is 25.6 Å². The summed E-state index contributed by atoms with van der Waals surface area (Å²) in [5.41, 5.74) is 4.61. The van der Waals surface area contributed by atoms with Crippen LogP contribution in [0.1, 0.15) is 48.1 Å². The third kappa shape index (κ3) is 3.89. The molecule has 0 aliphatic carbocycles. The first-order chi connectivity index (χ1) is 13.1. The molecule has 2 aromatic heterocycles. The summed E-state index contributed by atoms with van der Waals surface area (Å²) in [5, 5.41) is 9.07. The van der Waals surface area contributed by atoms with Crippen LogP contribution in [0, 0.1) is 13.8 Å². The first-order valence-electron chi connectivity index (χ1n) is 9.00. The van der Waals surface area contributed by atoms with Gasteiger partial charge >= 0.3 is 0 Å². The molecule has 0 atom stereocenters. The molecule has 3 aromatic rings. The Morgan fingerprint density at radius 2 is 1.75 bits per heavy atom. The van der Waals surface area contributed by atoms with E-state index in [0.29, 0.717) is 22.1 Å². The third-order valence-electron chi connectivity index (χ3n) is 4.71. The van der Waals surface area contributed by atoms with Crippen LogP contribution in [0.25, 0.3) is 11.3 Å². The van der Waals surface area contributed by atoms with Crippen molar-refractivity contribution in [3.8, 4) is 11.3 Å². The molecule has 0 aliphatic heterocycles. The number of benzene rings is 1. The SMILES string of the molecule is Cc1nn(C)c(C)c1C(=O)C(=O)Nc1nc(-c2ccc(C(C)(C)C)cc2)cs1. The average molecular weight is 397 g/mol. The fourth-order valence-corrected chi connectivity index (χ4v) is 3.69. The molecule has 0 fully saturated rings. The van der Waals surface area contributed by atoms with Crippen molar-refractivity contribution >= 4 is 28.2 Å². The van der Waals surface area contributed by atoms with E-state index in [2.05, 4.69) is 48.3 Å². The molecule has 0 saturated carbocycles. The van der Waals surface area contributed by atoms with Crippen LogP contribution in [-0.2, 0) is 17.3 Å². The van der Waals surface area contributed by atoms with Gasteiger partial charge in [-0.15, -0.1) is 11.3 Å². The van der Waals surface area contributed by atoms with Crippen molar-refractivity contribution in [3.63, 3.8) is 0 Å². The molecule has 2 heterocycles. The van der Waals surface area contributed by atoms with E-state index < -0.39 is 11.7 Å². The first-order valence-corrected chi connectivity index (χ1v) is 9.88. The molecule has 6 nitrogen and oxygen atoms in total. The lowest BCUT2D eigenvalue weighted by atomic mass is 9.86. The number of nitrogens with one attached hydrogen (secondary N) is 1. The van der Waals surface area contributed by atoms with Crippen molar-refractivity contribution < 1.29 is 9.59 Å². The summed E-state index contributed by atoms with van der Waals surface area (Å²) in [4.78, 5) is 29.4. The number of thiazole rings is 1. The Kier molecular flexibility index (Phi) is 5.21. The van der Waals surface area contributed by atoms with Gasteiger partial charge in [-0.05, 0) is 24.8 Å². The van der Waals surface area contributed by atoms with Gasteiger partial charge in [-0.3, -0.25) is 19.6 Å². The maximum Gasteiger partial charge on any atom is 0.298 e. The highest BCUT2D eigenvalue weighted by atomic mass is 32.1. The van der Waals surface area contributed by atoms with E-state index in [4.69, 9.17) is 0 Å². The molecule has 1 amide bonds. The number of hydrogen-bond donors (Lipinski definition) is 1. The zero-order valence-corrected chi connectivity index (χ0v) is 17.8. The maximum absolute atomic E-state index is 12.5. The predicted molar refractivity (Wildman–Crippen MR) is 112 cm³/mol. The number of hydrogen-bond acceptors (Lipinski definition) is 5. The summed E-state index contributed by atoms with van der Waals surface area (Å²) in [6.07, 6.45) is 0. The van der Waals surface area contributed by atoms with E-state index in [1.807, 2.05) is 17.5 Å². The number of carbonyl (C=O) groups is 2. The number of rotatable bonds is 4. The van der Waals surface area contributed by atoms with Gasteiger partial charge in [0.05, 0.1) is 17.0 Å². The Morgan fingerprint density at radius 3 is 2.29 bits per heavy atom. The summed E-state index contributed by atoms with van der Waals surface area (Å²) in [7, 11) is 1.75. The highest BCUT2D eigenvalue weighted by molar-refractivity contribution is 7.14. The summed E-state index contributed by atoms with van der Waals surface area (Å²) in [6, 6.07) is 8.22. The van der Waals surface area contributed by atoms with Gasteiger partial charge < -0.3 is 0 Å². The molecule has 1 N–H and O–H groups in total. The molecular formula is C21H24N4O2S. The molecule has 146 valence electrons. The van der Waals surface area contributed by atoms with Crippen molar-refractivity contribution in [3.05, 3.63) is 52.2 Å². The minimum absolute atomic E-state index is 0.0860. The van der Waals surface area contributed by atoms with Crippen LogP contribution in [-0.4, -0.2) is 26.5 Å². The summed E-state index contributed by atoms with van der Waals surface area (Å²) >= 11 is 1.29. The Morgan fingerprint density at radius 1 is 1.11 bits per heavy atom. The van der Waals surface area contributed by atoms with Crippen molar-refractivity contribution in [2.75, 3.05) is 5.32 Å². The summed E-state index contributed by atoms with van der Waals surface area (Å²) in [5.74, 6) is -1.31. The quantitative estimate of drug-likeness (QED) is 0.527. The first kappa shape index (κ1) is 19.9. The number of aryl methyl sites for hydroxylation is 2. The van der Waals surface area contributed by atoms with Gasteiger partial charge in [0.25, 0.3) is 11.7 Å². The van der Waals surface area contributed by atoms with E-state index >= 15 is 0 Å². The highest BCUT2D eigenvalue weighted by Gasteiger charge is 2.24. The molecule has 0 saturated heterocycles. The Hall–Kier alpha value is -2.80. The largest absolute Gasteiger partial charge is 0.298 e. The molecule has 7 heteroatoms. The molecule has 3 rings (SSSR count). The van der Waals surface area contributed by atoms with Crippen LogP contribution in [0.15, 0.2) is 29.6 Å². The number of ketones is 1. The minimum Gasteiger partial charge on any atom is -0.295 e. The standard InChI is InChI=1S/C21H24N4O2S/c1-12-17(13(2)25(6)24-12)18(26)19(27)23-20-22-16(11-28-20)14-7-9-15(10-8-14)21(3,4)5/h7-11H,1-6H3,(H,22,23,27). The second-order valence-electron chi connectivity index (χ2n) is 7.82. The number of carbonyl (C=O) groups excluding carboxylic acids is 2. The van der Waals surface area contributed by atoms with E-state index in [0.717, 1.165) is 11.3 Å². The van der Waals surface area contributed by atoms with Gasteiger partial charge in [0.15, 0.2) is 5.13 Å². The lowest BCUT2D eigenvalue weighted by Crippen LogP contribution is -2.23. The Bertz CT molecular complexity index is 1040. The van der Waals surface area contributed by atoms with Crippen LogP contribution < -0.4 is 5.32 Å². The summed E-state index contributed by atoms with van der Waals surface area (Å²) < 4.78 is 1.60. The van der Waals surface area contributed by atoms with E-state index in [9.17, 15) is 9.59 Å². The fraction of sp³-hybridized carbons (Fsp3) is 0.333. The molecule has 0 bridgehead atoms. The molecule has 0 unspecified atom stereocenters. The van der Waals surface area contributed by atoms with Crippen LogP contribution >= 0.6 is 11.3 Å². The van der Waals surface area contributed by atoms with E-state index in [1.165, 1.54) is 16.9 Å². The molecule has 0 aliphatic rings. The zero-order chi connectivity index (χ0) is 20.6. The Labute approximate surface area is 168 Å². The number of nitrogens with zero attached hydrogens (tertiary/aromatic N) is 3. The van der Waals surface area contributed by atoms with Crippen LogP contribution in [0.5, 0.6) is 0 Å². The topological polar surface area (TPSA) is 76.9 Å². The number of anilines is 1. The zero-order valence-electron chi connectivity index (χ0n) is 17.0. The molecule has 0 spiro atoms. The second kappa shape index (κ2) is 7.31. The third-order valence-corrected chi connectivity index (χ3v) is 5.47. The summed E-state index contributed by atoms with van der Waals surface area (Å²) in [6.45, 7) is 9.99. The van der Waals surface area contributed by atoms with Gasteiger partial charge in [0.2, 0.25) is 0 Å². The van der Waals surface area contributed by atoms with Gasteiger partial charge in [0, 0.05) is 23.7 Å². The number of Topliss-reactive ketones (excluding diaryl/α,β-unsaturated/α-hetero) is 1. The van der Waals surface area contributed by atoms with Gasteiger partial charge in [-0.1, -0.05) is 45.0 Å². The van der Waals surface area contributed by atoms with Crippen LogP contribution in [0.2, 0.25) is 0 Å². The highest BCUT2D eigenvalue weighted by Crippen LogP contribution is 2.28. The minimum atomic E-state index is -0.705. The predicted octanol–water partition coefficient (Wildman–Crippen LogP) is 4.28. The molecule has 0 radical (unpaired) electrons. The smallest absolute Gasteiger partial charge is 0.295 e. The van der Waals surface area contributed by atoms with Crippen molar-refractivity contribution in [1.29, 1.82) is 0 Å². The Balaban J connectivity index is 1.75. The second-order valence-corrected chi connectivity index (χ2v) is 8.68. The van der Waals surface area contributed by atoms with Crippen molar-refractivity contribution in [1.82, 2.24) is 14.8 Å². The van der Waals surface area contributed by atoms with Crippen LogP contribution in [0.3, 0.4) is 0 Å². The normalized spacial score (nSPS) is 11.5. The molecular weight excluding hydrogens is 372 g/mol. The van der Waals surface area contributed by atoms with E-state index in [-0.39, 0.29) is 5.41 Å². The van der Waals surface area contributed by atoms with Crippen molar-refractivity contribution in [2.45, 2.75) is 40.0 Å². The van der Waals surface area contributed by atoms with Crippen LogP contribution in [0.4, 0.5) is 5.13 Å². The monoisotopic (exact) mass is 396 g/mol. The van der Waals surface area contributed by atoms with Gasteiger partial charge in [-0.2, -0.15) is 5.10 Å². The number of aromatic nitrogens is 3. The lowest BCUT2D eigenvalue weighted by Gasteiger charge is -2.18. The molecule has 1 aromatic carbocycles. The average Bonchev–Trinajstić information content (AvgIpc) is 3.18. The lowest BCUT2D eigenvalue weighted by molar-refractivity contribution is -0.112. The maximum atomic E-state index is 12.5.